The summed E-state index contributed by atoms with van der Waals surface area (Å²) in [5.74, 6) is 3.24. The second kappa shape index (κ2) is 3.89. The molecule has 3 aliphatic rings. The summed E-state index contributed by atoms with van der Waals surface area (Å²) in [5, 5.41) is 3.68. The van der Waals surface area contributed by atoms with Crippen molar-refractivity contribution in [2.45, 2.75) is 25.3 Å². The number of carbonyl (C=O) groups is 1. The standard InChI is InChI=1S/C15H17ClN2O/c16-10-4-3-9(6-11(10)17)15(19)18-14-12-7-1-2-8(5-7)13(12)14/h3-4,6-8,12-14H,1-2,5,17H2,(H,18,19). The monoisotopic (exact) mass is 276 g/mol. The molecule has 19 heavy (non-hydrogen) atoms. The van der Waals surface area contributed by atoms with Crippen LogP contribution in [0, 0.1) is 23.7 Å². The first kappa shape index (κ1) is 11.6. The van der Waals surface area contributed by atoms with Crippen molar-refractivity contribution in [2.24, 2.45) is 23.7 Å². The average Bonchev–Trinajstić information content (AvgIpc) is 2.81. The molecule has 3 aliphatic carbocycles. The molecule has 1 aromatic carbocycles. The Kier molecular flexibility index (Phi) is 2.37. The van der Waals surface area contributed by atoms with Crippen LogP contribution in [0.1, 0.15) is 29.6 Å². The lowest BCUT2D eigenvalue weighted by Gasteiger charge is -2.11. The second-order valence-corrected chi connectivity index (χ2v) is 6.63. The van der Waals surface area contributed by atoms with Crippen molar-refractivity contribution in [2.75, 3.05) is 5.73 Å². The number of carbonyl (C=O) groups excluding carboxylic acids is 1. The molecule has 0 radical (unpaired) electrons. The van der Waals surface area contributed by atoms with Crippen LogP contribution in [-0.4, -0.2) is 11.9 Å². The number of hydrogen-bond donors (Lipinski definition) is 2. The highest BCUT2D eigenvalue weighted by atomic mass is 35.5. The molecule has 0 spiro atoms. The van der Waals surface area contributed by atoms with E-state index >= 15 is 0 Å². The van der Waals surface area contributed by atoms with Gasteiger partial charge in [0.2, 0.25) is 0 Å². The molecule has 4 rings (SSSR count). The van der Waals surface area contributed by atoms with Gasteiger partial charge in [0.05, 0.1) is 10.7 Å². The summed E-state index contributed by atoms with van der Waals surface area (Å²) in [7, 11) is 0. The van der Waals surface area contributed by atoms with Crippen molar-refractivity contribution in [3.63, 3.8) is 0 Å². The Hall–Kier alpha value is -1.22. The van der Waals surface area contributed by atoms with E-state index in [0.717, 1.165) is 23.7 Å². The fourth-order valence-electron chi connectivity index (χ4n) is 4.44. The summed E-state index contributed by atoms with van der Waals surface area (Å²) in [5.41, 5.74) is 6.81. The van der Waals surface area contributed by atoms with Crippen molar-refractivity contribution in [3.8, 4) is 0 Å². The third kappa shape index (κ3) is 1.68. The maximum absolute atomic E-state index is 12.2. The Morgan fingerprint density at radius 2 is 1.95 bits per heavy atom. The van der Waals surface area contributed by atoms with Gasteiger partial charge in [-0.05, 0) is 61.1 Å². The minimum Gasteiger partial charge on any atom is -0.398 e. The number of nitrogens with two attached hydrogens (primary N) is 1. The molecule has 3 fully saturated rings. The number of benzene rings is 1. The minimum atomic E-state index is -0.0119. The molecule has 3 nitrogen and oxygen atoms in total. The van der Waals surface area contributed by atoms with Crippen LogP contribution in [0.2, 0.25) is 5.02 Å². The fourth-order valence-corrected chi connectivity index (χ4v) is 4.56. The summed E-state index contributed by atoms with van der Waals surface area (Å²) < 4.78 is 0. The first-order chi connectivity index (χ1) is 9.15. The molecule has 0 aromatic heterocycles. The highest BCUT2D eigenvalue weighted by molar-refractivity contribution is 6.33. The molecule has 4 atom stereocenters. The van der Waals surface area contributed by atoms with Crippen molar-refractivity contribution in [1.82, 2.24) is 5.32 Å². The van der Waals surface area contributed by atoms with E-state index in [2.05, 4.69) is 5.32 Å². The molecule has 1 amide bonds. The van der Waals surface area contributed by atoms with Crippen molar-refractivity contribution < 1.29 is 4.79 Å². The quantitative estimate of drug-likeness (QED) is 0.816. The van der Waals surface area contributed by atoms with E-state index in [-0.39, 0.29) is 5.91 Å². The zero-order chi connectivity index (χ0) is 13.1. The zero-order valence-electron chi connectivity index (χ0n) is 10.6. The van der Waals surface area contributed by atoms with Crippen LogP contribution in [0.4, 0.5) is 5.69 Å². The first-order valence-corrected chi connectivity index (χ1v) is 7.39. The van der Waals surface area contributed by atoms with Gasteiger partial charge in [-0.1, -0.05) is 11.6 Å². The molecule has 0 aliphatic heterocycles. The van der Waals surface area contributed by atoms with Gasteiger partial charge >= 0.3 is 0 Å². The van der Waals surface area contributed by atoms with Crippen LogP contribution < -0.4 is 11.1 Å². The third-order valence-corrected chi connectivity index (χ3v) is 5.64. The number of halogens is 1. The molecular weight excluding hydrogens is 260 g/mol. The van der Waals surface area contributed by atoms with Crippen LogP contribution in [0.25, 0.3) is 0 Å². The van der Waals surface area contributed by atoms with Crippen molar-refractivity contribution >= 4 is 23.2 Å². The molecule has 1 aromatic rings. The van der Waals surface area contributed by atoms with Gasteiger partial charge in [0.15, 0.2) is 0 Å². The molecule has 0 heterocycles. The molecule has 100 valence electrons. The van der Waals surface area contributed by atoms with Crippen molar-refractivity contribution in [3.05, 3.63) is 28.8 Å². The maximum atomic E-state index is 12.2. The van der Waals surface area contributed by atoms with Gasteiger partial charge in [-0.15, -0.1) is 0 Å². The lowest BCUT2D eigenvalue weighted by Crippen LogP contribution is -2.29. The van der Waals surface area contributed by atoms with E-state index < -0.39 is 0 Å². The van der Waals surface area contributed by atoms with Crippen LogP contribution in [0.15, 0.2) is 18.2 Å². The topological polar surface area (TPSA) is 55.1 Å². The zero-order valence-corrected chi connectivity index (χ0v) is 11.4. The Bertz CT molecular complexity index is 543. The van der Waals surface area contributed by atoms with E-state index in [1.54, 1.807) is 18.2 Å². The average molecular weight is 277 g/mol. The minimum absolute atomic E-state index is 0.0119. The van der Waals surface area contributed by atoms with E-state index in [4.69, 9.17) is 17.3 Å². The maximum Gasteiger partial charge on any atom is 0.251 e. The van der Waals surface area contributed by atoms with Crippen LogP contribution in [0.3, 0.4) is 0 Å². The summed E-state index contributed by atoms with van der Waals surface area (Å²) in [6, 6.07) is 5.49. The van der Waals surface area contributed by atoms with Crippen LogP contribution >= 0.6 is 11.6 Å². The molecule has 0 saturated heterocycles. The number of nitrogens with one attached hydrogen (secondary N) is 1. The number of hydrogen-bond acceptors (Lipinski definition) is 2. The predicted octanol–water partition coefficient (Wildman–Crippen LogP) is 2.70. The molecule has 4 unspecified atom stereocenters. The summed E-state index contributed by atoms with van der Waals surface area (Å²) in [6.45, 7) is 0. The molecule has 2 bridgehead atoms. The van der Waals surface area contributed by atoms with Crippen molar-refractivity contribution in [1.29, 1.82) is 0 Å². The predicted molar refractivity (Wildman–Crippen MR) is 74.9 cm³/mol. The number of anilines is 1. The van der Waals surface area contributed by atoms with Gasteiger partial charge in [-0.25, -0.2) is 0 Å². The van der Waals surface area contributed by atoms with Crippen LogP contribution in [0.5, 0.6) is 0 Å². The largest absolute Gasteiger partial charge is 0.398 e. The summed E-state index contributed by atoms with van der Waals surface area (Å²) >= 11 is 5.87. The lowest BCUT2D eigenvalue weighted by atomic mass is 10.0. The summed E-state index contributed by atoms with van der Waals surface area (Å²) in [6.07, 6.45) is 4.13. The Labute approximate surface area is 117 Å². The van der Waals surface area contributed by atoms with Gasteiger partial charge in [0, 0.05) is 11.6 Å². The van der Waals surface area contributed by atoms with Gasteiger partial charge in [-0.3, -0.25) is 4.79 Å². The summed E-state index contributed by atoms with van der Waals surface area (Å²) in [4.78, 5) is 12.2. The van der Waals surface area contributed by atoms with Gasteiger partial charge in [-0.2, -0.15) is 0 Å². The fraction of sp³-hybridized carbons (Fsp3) is 0.533. The number of nitrogen functional groups attached to an aromatic ring is 1. The lowest BCUT2D eigenvalue weighted by molar-refractivity contribution is 0.0944. The Morgan fingerprint density at radius 3 is 2.58 bits per heavy atom. The SMILES string of the molecule is Nc1cc(C(=O)NC2C3C4CCC(C4)C23)ccc1Cl. The third-order valence-electron chi connectivity index (χ3n) is 5.29. The smallest absolute Gasteiger partial charge is 0.251 e. The first-order valence-electron chi connectivity index (χ1n) is 7.01. The number of rotatable bonds is 2. The Morgan fingerprint density at radius 1 is 1.26 bits per heavy atom. The van der Waals surface area contributed by atoms with Gasteiger partial charge in [0.1, 0.15) is 0 Å². The van der Waals surface area contributed by atoms with Gasteiger partial charge < -0.3 is 11.1 Å². The molecular formula is C15H17ClN2O. The number of fused-ring (bicyclic) bond motifs is 5. The van der Waals surface area contributed by atoms with E-state index in [1.807, 2.05) is 0 Å². The Balaban J connectivity index is 1.46. The van der Waals surface area contributed by atoms with E-state index in [0.29, 0.717) is 22.3 Å². The molecule has 3 N–H and O–H groups in total. The second-order valence-electron chi connectivity index (χ2n) is 6.22. The van der Waals surface area contributed by atoms with E-state index in [1.165, 1.54) is 19.3 Å². The normalized spacial score (nSPS) is 38.1. The number of amides is 1. The van der Waals surface area contributed by atoms with E-state index in [9.17, 15) is 4.79 Å². The molecule has 4 heteroatoms. The highest BCUT2D eigenvalue weighted by Crippen LogP contribution is 2.65. The highest BCUT2D eigenvalue weighted by Gasteiger charge is 2.65. The van der Waals surface area contributed by atoms with Crippen LogP contribution in [-0.2, 0) is 0 Å². The molecule has 3 saturated carbocycles. The van der Waals surface area contributed by atoms with Gasteiger partial charge in [0.25, 0.3) is 5.91 Å².